The smallest absolute Gasteiger partial charge is 0.251 e. The van der Waals surface area contributed by atoms with Gasteiger partial charge in [0.25, 0.3) is 5.91 Å². The van der Waals surface area contributed by atoms with E-state index in [1.54, 1.807) is 30.4 Å². The molecular formula is C20H29FIN5OS. The first kappa shape index (κ1) is 25.3. The fourth-order valence-corrected chi connectivity index (χ4v) is 3.28. The first-order valence-electron chi connectivity index (χ1n) is 9.53. The van der Waals surface area contributed by atoms with Crippen molar-refractivity contribution in [3.8, 4) is 0 Å². The maximum Gasteiger partial charge on any atom is 0.251 e. The van der Waals surface area contributed by atoms with Crippen molar-refractivity contribution in [1.82, 2.24) is 20.9 Å². The number of hydrogen-bond donors (Lipinski definition) is 3. The highest BCUT2D eigenvalue weighted by Crippen LogP contribution is 2.13. The van der Waals surface area contributed by atoms with Gasteiger partial charge in [0.15, 0.2) is 5.96 Å². The second-order valence-corrected chi connectivity index (χ2v) is 7.43. The predicted octanol–water partition coefficient (Wildman–Crippen LogP) is 3.30. The largest absolute Gasteiger partial charge is 0.357 e. The molecule has 1 heterocycles. The molecule has 1 amide bonds. The molecule has 0 spiro atoms. The van der Waals surface area contributed by atoms with Crippen molar-refractivity contribution >= 4 is 47.2 Å². The standard InChI is InChI=1S/C20H28FN5OS.HI/c1-4-16-13-26-18(28-16)8-9-24-20(22-5-2)25-11-10-23-19(27)15-7-6-14(3)17(21)12-15;/h6-7,12-13H,4-5,8-11H2,1-3H3,(H,23,27)(H2,22,24,25);1H. The van der Waals surface area contributed by atoms with Crippen LogP contribution in [0.25, 0.3) is 0 Å². The van der Waals surface area contributed by atoms with E-state index < -0.39 is 0 Å². The van der Waals surface area contributed by atoms with Crippen LogP contribution in [-0.2, 0) is 12.8 Å². The summed E-state index contributed by atoms with van der Waals surface area (Å²) in [6.45, 7) is 8.10. The average molecular weight is 533 g/mol. The second-order valence-electron chi connectivity index (χ2n) is 6.23. The van der Waals surface area contributed by atoms with Crippen molar-refractivity contribution in [2.75, 3.05) is 26.2 Å². The highest BCUT2D eigenvalue weighted by atomic mass is 127. The molecule has 0 aliphatic carbocycles. The van der Waals surface area contributed by atoms with Gasteiger partial charge in [-0.05, 0) is 38.0 Å². The van der Waals surface area contributed by atoms with Gasteiger partial charge in [-0.3, -0.25) is 9.79 Å². The molecule has 0 saturated carbocycles. The summed E-state index contributed by atoms with van der Waals surface area (Å²) < 4.78 is 13.6. The Kier molecular flexibility index (Phi) is 11.7. The van der Waals surface area contributed by atoms with E-state index in [1.165, 1.54) is 10.9 Å². The van der Waals surface area contributed by atoms with E-state index in [4.69, 9.17) is 0 Å². The molecule has 1 aromatic heterocycles. The van der Waals surface area contributed by atoms with Gasteiger partial charge in [-0.1, -0.05) is 13.0 Å². The molecule has 0 radical (unpaired) electrons. The van der Waals surface area contributed by atoms with E-state index >= 15 is 0 Å². The van der Waals surface area contributed by atoms with Crippen molar-refractivity contribution in [1.29, 1.82) is 0 Å². The number of guanidine groups is 1. The lowest BCUT2D eigenvalue weighted by Crippen LogP contribution is -2.41. The van der Waals surface area contributed by atoms with Crippen molar-refractivity contribution in [3.05, 3.63) is 51.2 Å². The number of nitrogens with zero attached hydrogens (tertiary/aromatic N) is 2. The summed E-state index contributed by atoms with van der Waals surface area (Å²) in [5, 5.41) is 10.2. The number of aryl methyl sites for hydroxylation is 2. The van der Waals surface area contributed by atoms with E-state index in [9.17, 15) is 9.18 Å². The van der Waals surface area contributed by atoms with E-state index in [1.807, 2.05) is 13.1 Å². The maximum absolute atomic E-state index is 13.6. The fourth-order valence-electron chi connectivity index (χ4n) is 2.43. The van der Waals surface area contributed by atoms with Crippen LogP contribution >= 0.6 is 35.3 Å². The molecule has 6 nitrogen and oxygen atoms in total. The van der Waals surface area contributed by atoms with E-state index in [-0.39, 0.29) is 35.7 Å². The topological polar surface area (TPSA) is 78.4 Å². The minimum absolute atomic E-state index is 0. The number of carbonyl (C=O) groups excluding carboxylic acids is 1. The quantitative estimate of drug-likeness (QED) is 0.200. The lowest BCUT2D eigenvalue weighted by molar-refractivity contribution is 0.0954. The predicted molar refractivity (Wildman–Crippen MR) is 128 cm³/mol. The number of rotatable bonds is 9. The Morgan fingerprint density at radius 2 is 1.97 bits per heavy atom. The maximum atomic E-state index is 13.6. The van der Waals surface area contributed by atoms with Gasteiger partial charge in [0.2, 0.25) is 0 Å². The number of halogens is 2. The Morgan fingerprint density at radius 3 is 2.62 bits per heavy atom. The van der Waals surface area contributed by atoms with Crippen LogP contribution in [0.1, 0.15) is 39.7 Å². The molecule has 0 atom stereocenters. The van der Waals surface area contributed by atoms with Gasteiger partial charge in [0.05, 0.1) is 5.01 Å². The number of carbonyl (C=O) groups is 1. The summed E-state index contributed by atoms with van der Waals surface area (Å²) in [6.07, 6.45) is 3.73. The van der Waals surface area contributed by atoms with Crippen LogP contribution in [0.5, 0.6) is 0 Å². The van der Waals surface area contributed by atoms with Gasteiger partial charge < -0.3 is 16.0 Å². The van der Waals surface area contributed by atoms with Crippen LogP contribution in [-0.4, -0.2) is 43.0 Å². The summed E-state index contributed by atoms with van der Waals surface area (Å²) in [6, 6.07) is 4.48. The molecule has 0 aliphatic rings. The first-order chi connectivity index (χ1) is 13.5. The van der Waals surface area contributed by atoms with Crippen molar-refractivity contribution < 1.29 is 9.18 Å². The minimum Gasteiger partial charge on any atom is -0.357 e. The summed E-state index contributed by atoms with van der Waals surface area (Å²) >= 11 is 1.73. The molecule has 2 rings (SSSR count). The van der Waals surface area contributed by atoms with Crippen molar-refractivity contribution in [2.45, 2.75) is 33.6 Å². The molecule has 0 aliphatic heterocycles. The summed E-state index contributed by atoms with van der Waals surface area (Å²) in [5.74, 6) is 0.0298. The minimum atomic E-state index is -0.376. The van der Waals surface area contributed by atoms with Crippen molar-refractivity contribution in [3.63, 3.8) is 0 Å². The van der Waals surface area contributed by atoms with Gasteiger partial charge in [-0.2, -0.15) is 0 Å². The molecule has 2 aromatic rings. The SMILES string of the molecule is CCNC(=NCCc1ncc(CC)s1)NCCNC(=O)c1ccc(C)c(F)c1.I. The number of thiazole rings is 1. The Balaban J connectivity index is 0.00000420. The lowest BCUT2D eigenvalue weighted by atomic mass is 10.1. The third kappa shape index (κ3) is 8.65. The molecule has 3 N–H and O–H groups in total. The first-order valence-corrected chi connectivity index (χ1v) is 10.3. The van der Waals surface area contributed by atoms with Crippen LogP contribution in [0.3, 0.4) is 0 Å². The summed E-state index contributed by atoms with van der Waals surface area (Å²) in [4.78, 5) is 22.3. The number of aliphatic imine (C=N–C) groups is 1. The summed E-state index contributed by atoms with van der Waals surface area (Å²) in [7, 11) is 0. The Labute approximate surface area is 192 Å². The fraction of sp³-hybridized carbons (Fsp3) is 0.450. The molecule has 29 heavy (non-hydrogen) atoms. The molecule has 0 bridgehead atoms. The molecular weight excluding hydrogens is 504 g/mol. The second kappa shape index (κ2) is 13.5. The van der Waals surface area contributed by atoms with E-state index in [0.29, 0.717) is 36.7 Å². The van der Waals surface area contributed by atoms with Gasteiger partial charge in [-0.25, -0.2) is 9.37 Å². The van der Waals surface area contributed by atoms with Gasteiger partial charge in [-0.15, -0.1) is 35.3 Å². The molecule has 0 fully saturated rings. The Hall–Kier alpha value is -1.75. The Bertz CT molecular complexity index is 812. The Morgan fingerprint density at radius 1 is 1.21 bits per heavy atom. The van der Waals surface area contributed by atoms with E-state index in [0.717, 1.165) is 24.4 Å². The highest BCUT2D eigenvalue weighted by molar-refractivity contribution is 14.0. The average Bonchev–Trinajstić information content (AvgIpc) is 3.15. The number of amides is 1. The monoisotopic (exact) mass is 533 g/mol. The third-order valence-corrected chi connectivity index (χ3v) is 5.23. The molecule has 0 unspecified atom stereocenters. The molecule has 1 aromatic carbocycles. The van der Waals surface area contributed by atoms with Crippen molar-refractivity contribution in [2.24, 2.45) is 4.99 Å². The molecule has 0 saturated heterocycles. The van der Waals surface area contributed by atoms with Crippen LogP contribution < -0.4 is 16.0 Å². The molecule has 9 heteroatoms. The summed E-state index contributed by atoms with van der Waals surface area (Å²) in [5.41, 5.74) is 0.840. The zero-order valence-corrected chi connectivity index (χ0v) is 20.2. The normalized spacial score (nSPS) is 11.0. The van der Waals surface area contributed by atoms with E-state index in [2.05, 4.69) is 32.9 Å². The molecule has 160 valence electrons. The number of nitrogens with one attached hydrogen (secondary N) is 3. The number of aromatic nitrogens is 1. The van der Waals surface area contributed by atoms with Gasteiger partial charge >= 0.3 is 0 Å². The van der Waals surface area contributed by atoms with Crippen LogP contribution in [0.15, 0.2) is 29.4 Å². The third-order valence-electron chi connectivity index (χ3n) is 4.03. The zero-order chi connectivity index (χ0) is 20.4. The van der Waals surface area contributed by atoms with Crippen LogP contribution in [0, 0.1) is 12.7 Å². The van der Waals surface area contributed by atoms with Gasteiger partial charge in [0, 0.05) is 49.2 Å². The van der Waals surface area contributed by atoms with Crippen LogP contribution in [0.2, 0.25) is 0 Å². The lowest BCUT2D eigenvalue weighted by Gasteiger charge is -2.12. The van der Waals surface area contributed by atoms with Crippen LogP contribution in [0.4, 0.5) is 4.39 Å². The number of hydrogen-bond acceptors (Lipinski definition) is 4. The zero-order valence-electron chi connectivity index (χ0n) is 17.0. The number of benzene rings is 1. The highest BCUT2D eigenvalue weighted by Gasteiger charge is 2.07. The van der Waals surface area contributed by atoms with Gasteiger partial charge in [0.1, 0.15) is 5.82 Å².